The van der Waals surface area contributed by atoms with Crippen LogP contribution in [0.15, 0.2) is 11.2 Å². The summed E-state index contributed by atoms with van der Waals surface area (Å²) in [5.41, 5.74) is 0. The van der Waals surface area contributed by atoms with Crippen LogP contribution in [-0.2, 0) is 6.42 Å². The molecule has 132 valence electrons. The maximum absolute atomic E-state index is 4.72. The molecule has 0 amide bonds. The second-order valence-corrected chi connectivity index (χ2v) is 7.41. The Labute approximate surface area is 162 Å². The number of halogens is 1. The third-order valence-corrected chi connectivity index (χ3v) is 5.15. The highest BCUT2D eigenvalue weighted by molar-refractivity contribution is 14.0. The fraction of sp³-hybridized carbons (Fsp3) is 0.765. The third-order valence-electron chi connectivity index (χ3n) is 4.18. The fourth-order valence-electron chi connectivity index (χ4n) is 2.98. The van der Waals surface area contributed by atoms with E-state index in [1.54, 1.807) is 11.3 Å². The molecule has 1 fully saturated rings. The van der Waals surface area contributed by atoms with Gasteiger partial charge in [-0.3, -0.25) is 4.99 Å². The zero-order valence-corrected chi connectivity index (χ0v) is 17.6. The first-order chi connectivity index (χ1) is 10.8. The van der Waals surface area contributed by atoms with Gasteiger partial charge in [-0.25, -0.2) is 4.98 Å². The summed E-state index contributed by atoms with van der Waals surface area (Å²) in [6.07, 6.45) is 11.2. The van der Waals surface area contributed by atoms with E-state index in [1.807, 2.05) is 6.20 Å². The molecular weight excluding hydrogens is 419 g/mol. The van der Waals surface area contributed by atoms with Gasteiger partial charge in [0.05, 0.1) is 5.01 Å². The third kappa shape index (κ3) is 8.33. The van der Waals surface area contributed by atoms with Crippen LogP contribution in [-0.4, -0.2) is 30.6 Å². The van der Waals surface area contributed by atoms with E-state index in [0.717, 1.165) is 37.9 Å². The van der Waals surface area contributed by atoms with Gasteiger partial charge in [-0.05, 0) is 26.2 Å². The van der Waals surface area contributed by atoms with Crippen molar-refractivity contribution in [2.24, 2.45) is 10.9 Å². The van der Waals surface area contributed by atoms with Crippen molar-refractivity contribution in [3.05, 3.63) is 16.1 Å². The van der Waals surface area contributed by atoms with Gasteiger partial charge in [-0.2, -0.15) is 0 Å². The minimum Gasteiger partial charge on any atom is -0.357 e. The molecule has 6 heteroatoms. The highest BCUT2D eigenvalue weighted by Gasteiger charge is 2.12. The Morgan fingerprint density at radius 2 is 2.09 bits per heavy atom. The molecule has 2 N–H and O–H groups in total. The predicted molar refractivity (Wildman–Crippen MR) is 111 cm³/mol. The summed E-state index contributed by atoms with van der Waals surface area (Å²) in [5, 5.41) is 7.95. The molecule has 0 atom stereocenters. The number of thiazole rings is 1. The van der Waals surface area contributed by atoms with E-state index >= 15 is 0 Å². The van der Waals surface area contributed by atoms with Crippen molar-refractivity contribution in [2.45, 2.75) is 58.8 Å². The number of aliphatic imine (C=N–C) groups is 1. The molecule has 4 nitrogen and oxygen atoms in total. The standard InChI is InChI=1S/C17H30N4S.HI/c1-3-18-17(19-11-9-15-7-5-4-6-8-15)20-12-10-16-21-13-14(2)22-16;/h13,15H,3-12H2,1-2H3,(H2,18,19,20);1H. The lowest BCUT2D eigenvalue weighted by molar-refractivity contribution is 0.343. The highest BCUT2D eigenvalue weighted by atomic mass is 127. The van der Waals surface area contributed by atoms with Crippen LogP contribution in [0.4, 0.5) is 0 Å². The Morgan fingerprint density at radius 3 is 2.74 bits per heavy atom. The second-order valence-electron chi connectivity index (χ2n) is 6.09. The minimum atomic E-state index is 0. The SMILES string of the molecule is CCNC(=NCCC1CCCCC1)NCCc1ncc(C)s1.I. The van der Waals surface area contributed by atoms with Crippen molar-refractivity contribution in [2.75, 3.05) is 19.6 Å². The molecule has 0 aromatic carbocycles. The molecule has 0 unspecified atom stereocenters. The Balaban J connectivity index is 0.00000264. The van der Waals surface area contributed by atoms with Gasteiger partial charge in [0.1, 0.15) is 0 Å². The van der Waals surface area contributed by atoms with E-state index in [9.17, 15) is 0 Å². The Hall–Kier alpha value is -0.370. The first-order valence-corrected chi connectivity index (χ1v) is 9.53. The van der Waals surface area contributed by atoms with Crippen molar-refractivity contribution in [3.63, 3.8) is 0 Å². The van der Waals surface area contributed by atoms with E-state index in [0.29, 0.717) is 0 Å². The molecule has 1 aromatic rings. The topological polar surface area (TPSA) is 49.3 Å². The van der Waals surface area contributed by atoms with Gasteiger partial charge in [0.25, 0.3) is 0 Å². The Kier molecular flexibility index (Phi) is 10.8. The molecule has 0 bridgehead atoms. The Morgan fingerprint density at radius 1 is 1.30 bits per heavy atom. The number of rotatable bonds is 7. The normalized spacial score (nSPS) is 16.0. The minimum absolute atomic E-state index is 0. The van der Waals surface area contributed by atoms with Crippen molar-refractivity contribution in [1.29, 1.82) is 0 Å². The average Bonchev–Trinajstić information content (AvgIpc) is 2.94. The predicted octanol–water partition coefficient (Wildman–Crippen LogP) is 4.14. The van der Waals surface area contributed by atoms with Crippen molar-refractivity contribution >= 4 is 41.3 Å². The summed E-state index contributed by atoms with van der Waals surface area (Å²) in [5.74, 6) is 1.85. The molecule has 0 radical (unpaired) electrons. The van der Waals surface area contributed by atoms with E-state index in [-0.39, 0.29) is 24.0 Å². The van der Waals surface area contributed by atoms with Crippen molar-refractivity contribution < 1.29 is 0 Å². The average molecular weight is 450 g/mol. The van der Waals surface area contributed by atoms with Crippen molar-refractivity contribution in [1.82, 2.24) is 15.6 Å². The van der Waals surface area contributed by atoms with Gasteiger partial charge < -0.3 is 10.6 Å². The van der Waals surface area contributed by atoms with Gasteiger partial charge in [-0.1, -0.05) is 32.1 Å². The molecule has 0 saturated heterocycles. The van der Waals surface area contributed by atoms with Crippen LogP contribution in [0.3, 0.4) is 0 Å². The molecule has 1 saturated carbocycles. The summed E-state index contributed by atoms with van der Waals surface area (Å²) >= 11 is 1.78. The van der Waals surface area contributed by atoms with Crippen LogP contribution < -0.4 is 10.6 Å². The summed E-state index contributed by atoms with van der Waals surface area (Å²) in [6, 6.07) is 0. The maximum atomic E-state index is 4.72. The Bertz CT molecular complexity index is 455. The van der Waals surface area contributed by atoms with Gasteiger partial charge in [0.15, 0.2) is 5.96 Å². The van der Waals surface area contributed by atoms with E-state index in [4.69, 9.17) is 4.99 Å². The first kappa shape index (κ1) is 20.7. The molecule has 1 aromatic heterocycles. The van der Waals surface area contributed by atoms with Crippen LogP contribution in [0.2, 0.25) is 0 Å². The number of hydrogen-bond donors (Lipinski definition) is 2. The maximum Gasteiger partial charge on any atom is 0.191 e. The first-order valence-electron chi connectivity index (χ1n) is 8.71. The quantitative estimate of drug-likeness (QED) is 0.373. The van der Waals surface area contributed by atoms with Gasteiger partial charge in [-0.15, -0.1) is 35.3 Å². The summed E-state index contributed by atoms with van der Waals surface area (Å²) in [4.78, 5) is 10.4. The molecular formula is C17H31IN4S. The number of aromatic nitrogens is 1. The van der Waals surface area contributed by atoms with Crippen molar-refractivity contribution in [3.8, 4) is 0 Å². The van der Waals surface area contributed by atoms with Crippen LogP contribution >= 0.6 is 35.3 Å². The van der Waals surface area contributed by atoms with Gasteiger partial charge >= 0.3 is 0 Å². The fourth-order valence-corrected chi connectivity index (χ4v) is 3.77. The zero-order valence-electron chi connectivity index (χ0n) is 14.4. The van der Waals surface area contributed by atoms with E-state index in [2.05, 4.69) is 29.5 Å². The molecule has 1 heterocycles. The lowest BCUT2D eigenvalue weighted by Crippen LogP contribution is -2.38. The summed E-state index contributed by atoms with van der Waals surface area (Å²) < 4.78 is 0. The smallest absolute Gasteiger partial charge is 0.191 e. The summed E-state index contributed by atoms with van der Waals surface area (Å²) in [6.45, 7) is 6.96. The van der Waals surface area contributed by atoms with Crippen LogP contribution in [0.5, 0.6) is 0 Å². The largest absolute Gasteiger partial charge is 0.357 e. The molecule has 1 aliphatic rings. The van der Waals surface area contributed by atoms with Crippen LogP contribution in [0.25, 0.3) is 0 Å². The zero-order chi connectivity index (χ0) is 15.6. The number of hydrogen-bond acceptors (Lipinski definition) is 3. The van der Waals surface area contributed by atoms with Gasteiger partial charge in [0, 0.05) is 37.1 Å². The molecule has 0 spiro atoms. The molecule has 1 aliphatic carbocycles. The number of guanidine groups is 1. The van der Waals surface area contributed by atoms with Gasteiger partial charge in [0.2, 0.25) is 0 Å². The molecule has 2 rings (SSSR count). The lowest BCUT2D eigenvalue weighted by atomic mass is 9.87. The second kappa shape index (κ2) is 12.1. The number of nitrogens with zero attached hydrogens (tertiary/aromatic N) is 2. The highest BCUT2D eigenvalue weighted by Crippen LogP contribution is 2.26. The molecule has 0 aliphatic heterocycles. The molecule has 23 heavy (non-hydrogen) atoms. The van der Waals surface area contributed by atoms with Crippen LogP contribution in [0, 0.1) is 12.8 Å². The monoisotopic (exact) mass is 450 g/mol. The lowest BCUT2D eigenvalue weighted by Gasteiger charge is -2.20. The summed E-state index contributed by atoms with van der Waals surface area (Å²) in [7, 11) is 0. The van der Waals surface area contributed by atoms with Crippen LogP contribution in [0.1, 0.15) is 55.3 Å². The number of nitrogens with one attached hydrogen (secondary N) is 2. The van der Waals surface area contributed by atoms with E-state index < -0.39 is 0 Å². The number of aryl methyl sites for hydroxylation is 1. The van der Waals surface area contributed by atoms with E-state index in [1.165, 1.54) is 48.4 Å².